The van der Waals surface area contributed by atoms with E-state index in [0.717, 1.165) is 5.56 Å². The van der Waals surface area contributed by atoms with Gasteiger partial charge in [-0.15, -0.1) is 0 Å². The monoisotopic (exact) mass is 365 g/mol. The van der Waals surface area contributed by atoms with Crippen molar-refractivity contribution in [2.45, 2.75) is 13.8 Å². The third-order valence-corrected chi connectivity index (χ3v) is 4.45. The average Bonchev–Trinajstić information content (AvgIpc) is 2.86. The van der Waals surface area contributed by atoms with Gasteiger partial charge in [0, 0.05) is 13.1 Å². The third-order valence-electron chi connectivity index (χ3n) is 4.45. The van der Waals surface area contributed by atoms with Crippen LogP contribution in [0.5, 0.6) is 0 Å². The molecule has 0 bridgehead atoms. The Kier molecular flexibility index (Phi) is 5.07. The molecule has 1 N–H and O–H groups in total. The topological polar surface area (TPSA) is 56.0 Å². The zero-order valence-corrected chi connectivity index (χ0v) is 15.4. The number of nitrogens with zero attached hydrogens (tertiary/aromatic N) is 2. The van der Waals surface area contributed by atoms with Crippen LogP contribution in [-0.2, 0) is 11.8 Å². The maximum atomic E-state index is 13.0. The van der Waals surface area contributed by atoms with Crippen molar-refractivity contribution in [2.75, 3.05) is 5.32 Å². The molecule has 0 unspecified atom stereocenters. The van der Waals surface area contributed by atoms with Gasteiger partial charge in [0.25, 0.3) is 5.56 Å². The quantitative estimate of drug-likeness (QED) is 0.718. The highest BCUT2D eigenvalue weighted by Crippen LogP contribution is 2.16. The van der Waals surface area contributed by atoms with E-state index >= 15 is 0 Å². The van der Waals surface area contributed by atoms with Crippen molar-refractivity contribution in [1.82, 2.24) is 9.36 Å². The molecule has 1 aromatic heterocycles. The number of halogens is 1. The van der Waals surface area contributed by atoms with Crippen LogP contribution in [0.15, 0.2) is 65.5 Å². The number of hydrogen-bond acceptors (Lipinski definition) is 2. The fourth-order valence-electron chi connectivity index (χ4n) is 2.86. The van der Waals surface area contributed by atoms with E-state index in [-0.39, 0.29) is 17.1 Å². The highest BCUT2D eigenvalue weighted by Gasteiger charge is 2.17. The van der Waals surface area contributed by atoms with Crippen LogP contribution in [0.1, 0.15) is 18.2 Å². The average molecular weight is 365 g/mol. The molecule has 0 saturated heterocycles. The van der Waals surface area contributed by atoms with E-state index in [1.807, 2.05) is 30.3 Å². The second-order valence-corrected chi connectivity index (χ2v) is 6.26. The summed E-state index contributed by atoms with van der Waals surface area (Å²) in [6, 6.07) is 15.1. The van der Waals surface area contributed by atoms with Crippen molar-refractivity contribution in [3.05, 3.63) is 88.1 Å². The maximum Gasteiger partial charge on any atom is 0.295 e. The predicted octanol–water partition coefficient (Wildman–Crippen LogP) is 3.67. The molecule has 0 spiro atoms. The Hall–Kier alpha value is -3.41. The Balaban J connectivity index is 1.90. The summed E-state index contributed by atoms with van der Waals surface area (Å²) in [4.78, 5) is 25.2. The number of nitrogens with one attached hydrogen (secondary N) is 1. The molecule has 2 aromatic carbocycles. The number of rotatable bonds is 4. The molecule has 0 aliphatic rings. The lowest BCUT2D eigenvalue weighted by atomic mass is 10.1. The first kappa shape index (κ1) is 18.4. The minimum atomic E-state index is -0.414. The molecule has 0 fully saturated rings. The van der Waals surface area contributed by atoms with E-state index in [9.17, 15) is 14.0 Å². The molecule has 0 atom stereocenters. The molecule has 5 nitrogen and oxygen atoms in total. The van der Waals surface area contributed by atoms with Gasteiger partial charge in [0.15, 0.2) is 0 Å². The summed E-state index contributed by atoms with van der Waals surface area (Å²) >= 11 is 0. The molecule has 6 heteroatoms. The van der Waals surface area contributed by atoms with Gasteiger partial charge in [-0.1, -0.05) is 30.3 Å². The number of amides is 1. The number of anilines is 1. The van der Waals surface area contributed by atoms with Gasteiger partial charge in [0.2, 0.25) is 5.91 Å². The van der Waals surface area contributed by atoms with E-state index in [4.69, 9.17) is 0 Å². The van der Waals surface area contributed by atoms with Crippen molar-refractivity contribution in [1.29, 1.82) is 0 Å². The SMILES string of the molecule is C/C(=C/C(=O)Nc1c(C)n(C)n(-c2ccccc2)c1=O)c1ccc(F)cc1. The molecule has 27 heavy (non-hydrogen) atoms. The molecule has 3 rings (SSSR count). The molecule has 1 amide bonds. The van der Waals surface area contributed by atoms with Crippen LogP contribution in [0, 0.1) is 12.7 Å². The standard InChI is InChI=1S/C21H20FN3O2/c1-14(16-9-11-17(22)12-10-16)13-19(26)23-20-15(2)24(3)25(21(20)27)18-7-5-4-6-8-18/h4-13H,1-3H3,(H,23,26)/b14-13-. The third kappa shape index (κ3) is 3.74. The Morgan fingerprint density at radius 2 is 1.70 bits per heavy atom. The van der Waals surface area contributed by atoms with Crippen molar-refractivity contribution in [3.8, 4) is 5.69 Å². The summed E-state index contributed by atoms with van der Waals surface area (Å²) in [7, 11) is 1.76. The zero-order valence-electron chi connectivity index (χ0n) is 15.4. The van der Waals surface area contributed by atoms with Crippen LogP contribution in [0.4, 0.5) is 10.1 Å². The molecule has 0 saturated carbocycles. The van der Waals surface area contributed by atoms with Crippen LogP contribution < -0.4 is 10.9 Å². The van der Waals surface area contributed by atoms with Gasteiger partial charge in [-0.3, -0.25) is 14.3 Å². The Morgan fingerprint density at radius 1 is 1.07 bits per heavy atom. The van der Waals surface area contributed by atoms with Gasteiger partial charge in [-0.05, 0) is 49.2 Å². The minimum Gasteiger partial charge on any atom is -0.316 e. The molecule has 0 aliphatic heterocycles. The van der Waals surface area contributed by atoms with Gasteiger partial charge in [-0.25, -0.2) is 9.07 Å². The lowest BCUT2D eigenvalue weighted by Crippen LogP contribution is -2.22. The molecule has 138 valence electrons. The highest BCUT2D eigenvalue weighted by molar-refractivity contribution is 6.04. The van der Waals surface area contributed by atoms with Gasteiger partial charge in [-0.2, -0.15) is 0 Å². The van der Waals surface area contributed by atoms with E-state index in [2.05, 4.69) is 5.32 Å². The van der Waals surface area contributed by atoms with Gasteiger partial charge >= 0.3 is 0 Å². The van der Waals surface area contributed by atoms with Gasteiger partial charge < -0.3 is 5.32 Å². The Bertz CT molecular complexity index is 1060. The van der Waals surface area contributed by atoms with E-state index < -0.39 is 5.91 Å². The van der Waals surface area contributed by atoms with Gasteiger partial charge in [0.05, 0.1) is 11.4 Å². The van der Waals surface area contributed by atoms with E-state index in [0.29, 0.717) is 17.0 Å². The number of benzene rings is 2. The second kappa shape index (κ2) is 7.45. The smallest absolute Gasteiger partial charge is 0.295 e. The highest BCUT2D eigenvalue weighted by atomic mass is 19.1. The summed E-state index contributed by atoms with van der Waals surface area (Å²) in [6.07, 6.45) is 1.39. The zero-order chi connectivity index (χ0) is 19.6. The first-order valence-corrected chi connectivity index (χ1v) is 8.47. The summed E-state index contributed by atoms with van der Waals surface area (Å²) in [6.45, 7) is 3.53. The van der Waals surface area contributed by atoms with Crippen LogP contribution >= 0.6 is 0 Å². The number of hydrogen-bond donors (Lipinski definition) is 1. The Labute approximate surface area is 156 Å². The predicted molar refractivity (Wildman–Crippen MR) is 104 cm³/mol. The molecular weight excluding hydrogens is 345 g/mol. The number of allylic oxidation sites excluding steroid dienone is 1. The maximum absolute atomic E-state index is 13.0. The van der Waals surface area contributed by atoms with Crippen LogP contribution in [-0.4, -0.2) is 15.3 Å². The lowest BCUT2D eigenvalue weighted by Gasteiger charge is -2.07. The summed E-state index contributed by atoms with van der Waals surface area (Å²) in [5, 5.41) is 2.68. The Morgan fingerprint density at radius 3 is 2.33 bits per heavy atom. The molecule has 0 aliphatic carbocycles. The summed E-state index contributed by atoms with van der Waals surface area (Å²) in [5.41, 5.74) is 2.69. The minimum absolute atomic E-state index is 0.231. The summed E-state index contributed by atoms with van der Waals surface area (Å²) in [5.74, 6) is -0.750. The number of carbonyl (C=O) groups excluding carboxylic acids is 1. The van der Waals surface area contributed by atoms with Crippen molar-refractivity contribution in [2.24, 2.45) is 7.05 Å². The first-order valence-electron chi connectivity index (χ1n) is 8.47. The van der Waals surface area contributed by atoms with E-state index in [1.54, 1.807) is 37.7 Å². The van der Waals surface area contributed by atoms with Crippen molar-refractivity contribution in [3.63, 3.8) is 0 Å². The van der Waals surface area contributed by atoms with Gasteiger partial charge in [0.1, 0.15) is 11.5 Å². The van der Waals surface area contributed by atoms with Crippen LogP contribution in [0.25, 0.3) is 11.3 Å². The first-order chi connectivity index (χ1) is 12.9. The fraction of sp³-hybridized carbons (Fsp3) is 0.143. The number of aromatic nitrogens is 2. The normalized spacial score (nSPS) is 11.5. The van der Waals surface area contributed by atoms with E-state index in [1.165, 1.54) is 22.9 Å². The van der Waals surface area contributed by atoms with Crippen LogP contribution in [0.3, 0.4) is 0 Å². The number of para-hydroxylation sites is 1. The van der Waals surface area contributed by atoms with Crippen LogP contribution in [0.2, 0.25) is 0 Å². The fourth-order valence-corrected chi connectivity index (χ4v) is 2.86. The van der Waals surface area contributed by atoms with Crippen molar-refractivity contribution >= 4 is 17.2 Å². The largest absolute Gasteiger partial charge is 0.316 e. The molecule has 0 radical (unpaired) electrons. The molecule has 1 heterocycles. The summed E-state index contributed by atoms with van der Waals surface area (Å²) < 4.78 is 16.2. The van der Waals surface area contributed by atoms with Crippen molar-refractivity contribution < 1.29 is 9.18 Å². The second-order valence-electron chi connectivity index (χ2n) is 6.26. The molecular formula is C21H20FN3O2. The lowest BCUT2D eigenvalue weighted by molar-refractivity contribution is -0.111. The number of carbonyl (C=O) groups is 1. The molecule has 3 aromatic rings.